The van der Waals surface area contributed by atoms with E-state index in [-0.39, 0.29) is 11.9 Å². The Kier molecular flexibility index (Phi) is 4.47. The van der Waals surface area contributed by atoms with Gasteiger partial charge in [0.05, 0.1) is 29.7 Å². The number of amides is 3. The minimum atomic E-state index is -0.580. The van der Waals surface area contributed by atoms with Gasteiger partial charge in [0.1, 0.15) is 0 Å². The molecule has 0 saturated heterocycles. The maximum Gasteiger partial charge on any atom is 0.319 e. The fourth-order valence-electron chi connectivity index (χ4n) is 3.71. The van der Waals surface area contributed by atoms with Gasteiger partial charge in [0.2, 0.25) is 0 Å². The summed E-state index contributed by atoms with van der Waals surface area (Å²) in [5.74, 6) is -0.295. The molecule has 0 fully saturated rings. The van der Waals surface area contributed by atoms with Crippen LogP contribution >= 0.6 is 0 Å². The molecular formula is C22H19N7O2. The first kappa shape index (κ1) is 18.6. The second kappa shape index (κ2) is 7.45. The SMILES string of the molecule is CC1=C(C(=O)Nc2ccc3[nH]ncc3c2)C(c2ccc(-n3ccnc3)cc2)NC(=O)N1. The van der Waals surface area contributed by atoms with Gasteiger partial charge in [-0.1, -0.05) is 12.1 Å². The summed E-state index contributed by atoms with van der Waals surface area (Å²) < 4.78 is 1.88. The molecule has 2 aromatic heterocycles. The first-order chi connectivity index (χ1) is 15.1. The van der Waals surface area contributed by atoms with Crippen molar-refractivity contribution in [2.45, 2.75) is 13.0 Å². The summed E-state index contributed by atoms with van der Waals surface area (Å²) in [5, 5.41) is 16.3. The van der Waals surface area contributed by atoms with Crippen LogP contribution in [0.3, 0.4) is 0 Å². The number of allylic oxidation sites excluding steroid dienone is 1. The van der Waals surface area contributed by atoms with Crippen LogP contribution in [0.15, 0.2) is 78.7 Å². The summed E-state index contributed by atoms with van der Waals surface area (Å²) in [6, 6.07) is 12.2. The van der Waals surface area contributed by atoms with E-state index in [1.807, 2.05) is 47.2 Å². The number of aromatic nitrogens is 4. The molecule has 4 aromatic rings. The number of fused-ring (bicyclic) bond motifs is 1. The molecule has 2 aromatic carbocycles. The average molecular weight is 413 g/mol. The van der Waals surface area contributed by atoms with E-state index in [9.17, 15) is 9.59 Å². The molecule has 154 valence electrons. The minimum absolute atomic E-state index is 0.295. The van der Waals surface area contributed by atoms with Gasteiger partial charge in [-0.05, 0) is 42.8 Å². The monoisotopic (exact) mass is 413 g/mol. The lowest BCUT2D eigenvalue weighted by atomic mass is 9.94. The molecule has 0 saturated carbocycles. The Balaban J connectivity index is 1.45. The number of carbonyl (C=O) groups is 2. The number of nitrogens with zero attached hydrogens (tertiary/aromatic N) is 3. The number of urea groups is 1. The lowest BCUT2D eigenvalue weighted by molar-refractivity contribution is -0.113. The smallest absolute Gasteiger partial charge is 0.319 e. The standard InChI is InChI=1S/C22H19N7O2/c1-13-19(21(30)26-16-4-7-18-15(10-16)11-24-28-18)20(27-22(31)25-13)14-2-5-17(6-3-14)29-9-8-23-12-29/h2-12,20H,1H3,(H,24,28)(H,26,30)(H2,25,27,31). The number of anilines is 1. The highest BCUT2D eigenvalue weighted by Gasteiger charge is 2.31. The number of nitrogens with one attached hydrogen (secondary N) is 4. The van der Waals surface area contributed by atoms with E-state index in [0.717, 1.165) is 22.2 Å². The van der Waals surface area contributed by atoms with Gasteiger partial charge in [-0.3, -0.25) is 9.89 Å². The van der Waals surface area contributed by atoms with Gasteiger partial charge < -0.3 is 20.5 Å². The van der Waals surface area contributed by atoms with Crippen molar-refractivity contribution in [2.75, 3.05) is 5.32 Å². The number of H-pyrrole nitrogens is 1. The largest absolute Gasteiger partial charge is 0.327 e. The zero-order chi connectivity index (χ0) is 21.4. The van der Waals surface area contributed by atoms with Crippen molar-refractivity contribution < 1.29 is 9.59 Å². The number of aromatic amines is 1. The third kappa shape index (κ3) is 3.52. The molecule has 31 heavy (non-hydrogen) atoms. The summed E-state index contributed by atoms with van der Waals surface area (Å²) in [4.78, 5) is 29.4. The number of benzene rings is 2. The highest BCUT2D eigenvalue weighted by atomic mass is 16.2. The first-order valence-electron chi connectivity index (χ1n) is 9.69. The van der Waals surface area contributed by atoms with Crippen molar-refractivity contribution in [1.82, 2.24) is 30.4 Å². The van der Waals surface area contributed by atoms with E-state index in [1.165, 1.54) is 0 Å². The van der Waals surface area contributed by atoms with Crippen molar-refractivity contribution in [3.63, 3.8) is 0 Å². The van der Waals surface area contributed by atoms with Crippen molar-refractivity contribution in [1.29, 1.82) is 0 Å². The average Bonchev–Trinajstić information content (AvgIpc) is 3.45. The molecule has 5 rings (SSSR count). The molecule has 9 nitrogen and oxygen atoms in total. The molecule has 1 atom stereocenters. The number of imidazole rings is 1. The lowest BCUT2D eigenvalue weighted by Gasteiger charge is -2.28. The summed E-state index contributed by atoms with van der Waals surface area (Å²) in [6.07, 6.45) is 6.96. The van der Waals surface area contributed by atoms with Gasteiger partial charge in [-0.15, -0.1) is 0 Å². The number of rotatable bonds is 4. The van der Waals surface area contributed by atoms with Crippen LogP contribution in [0, 0.1) is 0 Å². The molecule has 3 amide bonds. The maximum absolute atomic E-state index is 13.2. The Morgan fingerprint density at radius 3 is 2.77 bits per heavy atom. The van der Waals surface area contributed by atoms with Gasteiger partial charge in [0, 0.05) is 34.9 Å². The van der Waals surface area contributed by atoms with E-state index in [0.29, 0.717) is 17.0 Å². The second-order valence-electron chi connectivity index (χ2n) is 7.26. The molecule has 4 N–H and O–H groups in total. The Bertz CT molecular complexity index is 1300. The summed E-state index contributed by atoms with van der Waals surface area (Å²) in [7, 11) is 0. The predicted molar refractivity (Wildman–Crippen MR) is 115 cm³/mol. The van der Waals surface area contributed by atoms with Crippen LogP contribution in [0.1, 0.15) is 18.5 Å². The summed E-state index contributed by atoms with van der Waals surface area (Å²) in [6.45, 7) is 1.72. The van der Waals surface area contributed by atoms with Crippen molar-refractivity contribution in [2.24, 2.45) is 0 Å². The molecular weight excluding hydrogens is 394 g/mol. The molecule has 1 aliphatic rings. The Hall–Kier alpha value is -4.40. The van der Waals surface area contributed by atoms with Crippen LogP contribution in [-0.4, -0.2) is 31.7 Å². The number of hydrogen-bond acceptors (Lipinski definition) is 4. The Labute approximate surface area is 177 Å². The van der Waals surface area contributed by atoms with Crippen LogP contribution in [0.2, 0.25) is 0 Å². The minimum Gasteiger partial charge on any atom is -0.327 e. The summed E-state index contributed by atoms with van der Waals surface area (Å²) >= 11 is 0. The van der Waals surface area contributed by atoms with E-state index < -0.39 is 6.04 Å². The normalized spacial score (nSPS) is 16.2. The van der Waals surface area contributed by atoms with E-state index >= 15 is 0 Å². The molecule has 1 aliphatic heterocycles. The van der Waals surface area contributed by atoms with Gasteiger partial charge in [0.25, 0.3) is 5.91 Å². The molecule has 0 spiro atoms. The van der Waals surface area contributed by atoms with E-state index in [2.05, 4.69) is 31.1 Å². The van der Waals surface area contributed by atoms with Crippen LogP contribution in [0.25, 0.3) is 16.6 Å². The van der Waals surface area contributed by atoms with Gasteiger partial charge in [0.15, 0.2) is 0 Å². The van der Waals surface area contributed by atoms with Crippen LogP contribution in [0.4, 0.5) is 10.5 Å². The number of carbonyl (C=O) groups excluding carboxylic acids is 2. The quantitative estimate of drug-likeness (QED) is 0.411. The van der Waals surface area contributed by atoms with Crippen molar-refractivity contribution >= 4 is 28.5 Å². The van der Waals surface area contributed by atoms with E-state index in [4.69, 9.17) is 0 Å². The maximum atomic E-state index is 13.2. The van der Waals surface area contributed by atoms with Crippen LogP contribution < -0.4 is 16.0 Å². The second-order valence-corrected chi connectivity index (χ2v) is 7.26. The Morgan fingerprint density at radius 2 is 2.00 bits per heavy atom. The van der Waals surface area contributed by atoms with Gasteiger partial charge >= 0.3 is 6.03 Å². The molecule has 3 heterocycles. The fourth-order valence-corrected chi connectivity index (χ4v) is 3.71. The fraction of sp³-hybridized carbons (Fsp3) is 0.0909. The van der Waals surface area contributed by atoms with Crippen LogP contribution in [-0.2, 0) is 4.79 Å². The molecule has 0 bridgehead atoms. The third-order valence-electron chi connectivity index (χ3n) is 5.24. The predicted octanol–water partition coefficient (Wildman–Crippen LogP) is 3.02. The topological polar surface area (TPSA) is 117 Å². The van der Waals surface area contributed by atoms with Gasteiger partial charge in [-0.2, -0.15) is 5.10 Å². The van der Waals surface area contributed by atoms with Gasteiger partial charge in [-0.25, -0.2) is 9.78 Å². The number of hydrogen-bond donors (Lipinski definition) is 4. The molecule has 9 heteroatoms. The summed E-state index contributed by atoms with van der Waals surface area (Å²) in [5.41, 5.74) is 4.22. The molecule has 1 unspecified atom stereocenters. The van der Waals surface area contributed by atoms with Crippen LogP contribution in [0.5, 0.6) is 0 Å². The van der Waals surface area contributed by atoms with Crippen molar-refractivity contribution in [3.05, 3.63) is 84.2 Å². The molecule has 0 radical (unpaired) electrons. The third-order valence-corrected chi connectivity index (χ3v) is 5.24. The lowest BCUT2D eigenvalue weighted by Crippen LogP contribution is -2.45. The molecule has 0 aliphatic carbocycles. The zero-order valence-electron chi connectivity index (χ0n) is 16.6. The van der Waals surface area contributed by atoms with Crippen molar-refractivity contribution in [3.8, 4) is 5.69 Å². The van der Waals surface area contributed by atoms with E-state index in [1.54, 1.807) is 31.7 Å². The highest BCUT2D eigenvalue weighted by Crippen LogP contribution is 2.29. The Morgan fingerprint density at radius 1 is 1.16 bits per heavy atom. The highest BCUT2D eigenvalue weighted by molar-refractivity contribution is 6.07. The zero-order valence-corrected chi connectivity index (χ0v) is 16.6. The first-order valence-corrected chi connectivity index (χ1v) is 9.69.